The van der Waals surface area contributed by atoms with Gasteiger partial charge in [0, 0.05) is 18.0 Å². The van der Waals surface area contributed by atoms with Crippen LogP contribution in [-0.2, 0) is 16.6 Å². The Morgan fingerprint density at radius 3 is 2.70 bits per heavy atom. The van der Waals surface area contributed by atoms with Gasteiger partial charge in [-0.3, -0.25) is 0 Å². The lowest BCUT2D eigenvalue weighted by Gasteiger charge is -2.15. The predicted molar refractivity (Wildman–Crippen MR) is 83.5 cm³/mol. The van der Waals surface area contributed by atoms with E-state index in [0.717, 1.165) is 37.1 Å². The first-order valence-corrected chi connectivity index (χ1v) is 9.66. The monoisotopic (exact) mass is 316 g/mol. The average Bonchev–Trinajstić information content (AvgIpc) is 3.01. The van der Waals surface area contributed by atoms with E-state index in [2.05, 4.69) is 17.0 Å². The average molecular weight is 316 g/mol. The van der Waals surface area contributed by atoms with Crippen molar-refractivity contribution in [3.05, 3.63) is 16.3 Å². The maximum absolute atomic E-state index is 12.4. The lowest BCUT2D eigenvalue weighted by Crippen LogP contribution is -2.31. The van der Waals surface area contributed by atoms with Crippen LogP contribution in [0.4, 0.5) is 0 Å². The molecule has 114 valence electrons. The molecule has 1 heterocycles. The predicted octanol–water partition coefficient (Wildman–Crippen LogP) is 2.72. The fourth-order valence-electron chi connectivity index (χ4n) is 2.48. The zero-order valence-electron chi connectivity index (χ0n) is 12.2. The van der Waals surface area contributed by atoms with E-state index in [0.29, 0.717) is 18.0 Å². The zero-order valence-corrected chi connectivity index (χ0v) is 13.9. The van der Waals surface area contributed by atoms with Gasteiger partial charge in [-0.05, 0) is 42.7 Å². The van der Waals surface area contributed by atoms with Gasteiger partial charge in [-0.1, -0.05) is 20.3 Å². The Bertz CT molecular complexity index is 533. The highest BCUT2D eigenvalue weighted by molar-refractivity contribution is 7.89. The Kier molecular flexibility index (Phi) is 5.23. The number of rotatable bonds is 9. The molecule has 2 N–H and O–H groups in total. The standard InChI is InChI=1S/C14H24N2O2S2/c1-3-6-14(7-8-14)11-16-20(17,18)13-5-9-19-12(13)10-15-4-2/h5,9,15-16H,3-4,6-8,10-11H2,1-2H3. The molecule has 4 nitrogen and oxygen atoms in total. The maximum Gasteiger partial charge on any atom is 0.241 e. The summed E-state index contributed by atoms with van der Waals surface area (Å²) in [5.74, 6) is 0. The summed E-state index contributed by atoms with van der Waals surface area (Å²) >= 11 is 1.49. The summed E-state index contributed by atoms with van der Waals surface area (Å²) in [5, 5.41) is 5.03. The number of hydrogen-bond donors (Lipinski definition) is 2. The van der Waals surface area contributed by atoms with Crippen molar-refractivity contribution in [3.8, 4) is 0 Å². The van der Waals surface area contributed by atoms with Crippen LogP contribution < -0.4 is 10.0 Å². The van der Waals surface area contributed by atoms with Crippen LogP contribution in [0.1, 0.15) is 44.4 Å². The van der Waals surface area contributed by atoms with Crippen molar-refractivity contribution in [2.24, 2.45) is 5.41 Å². The Labute approximate surface area is 126 Å². The molecule has 2 rings (SSSR count). The number of nitrogens with one attached hydrogen (secondary N) is 2. The quantitative estimate of drug-likeness (QED) is 0.736. The van der Waals surface area contributed by atoms with E-state index in [1.54, 1.807) is 6.07 Å². The van der Waals surface area contributed by atoms with E-state index < -0.39 is 10.0 Å². The second kappa shape index (κ2) is 6.56. The van der Waals surface area contributed by atoms with Gasteiger partial charge in [0.05, 0.1) is 4.90 Å². The van der Waals surface area contributed by atoms with Crippen LogP contribution in [0.25, 0.3) is 0 Å². The van der Waals surface area contributed by atoms with Gasteiger partial charge in [0.2, 0.25) is 10.0 Å². The summed E-state index contributed by atoms with van der Waals surface area (Å²) in [5.41, 5.74) is 0.236. The van der Waals surface area contributed by atoms with E-state index >= 15 is 0 Å². The molecule has 0 amide bonds. The van der Waals surface area contributed by atoms with Crippen molar-refractivity contribution in [3.63, 3.8) is 0 Å². The Morgan fingerprint density at radius 1 is 1.35 bits per heavy atom. The van der Waals surface area contributed by atoms with Crippen LogP contribution in [0.3, 0.4) is 0 Å². The molecule has 0 saturated heterocycles. The SMILES string of the molecule is CCCC1(CNS(=O)(=O)c2ccsc2CNCC)CC1. The van der Waals surface area contributed by atoms with E-state index in [-0.39, 0.29) is 5.41 Å². The molecule has 1 aromatic heterocycles. The summed E-state index contributed by atoms with van der Waals surface area (Å²) in [6.07, 6.45) is 4.53. The topological polar surface area (TPSA) is 58.2 Å². The highest BCUT2D eigenvalue weighted by Crippen LogP contribution is 2.49. The first-order valence-electron chi connectivity index (χ1n) is 7.30. The van der Waals surface area contributed by atoms with E-state index in [1.807, 2.05) is 12.3 Å². The van der Waals surface area contributed by atoms with Crippen molar-refractivity contribution in [1.82, 2.24) is 10.0 Å². The molecule has 1 aliphatic carbocycles. The fourth-order valence-corrected chi connectivity index (χ4v) is 5.05. The minimum atomic E-state index is -3.37. The van der Waals surface area contributed by atoms with Gasteiger partial charge < -0.3 is 5.32 Å². The lowest BCUT2D eigenvalue weighted by atomic mass is 10.0. The summed E-state index contributed by atoms with van der Waals surface area (Å²) in [4.78, 5) is 1.33. The van der Waals surface area contributed by atoms with E-state index in [4.69, 9.17) is 0 Å². The molecule has 1 aromatic rings. The van der Waals surface area contributed by atoms with Crippen molar-refractivity contribution in [1.29, 1.82) is 0 Å². The van der Waals surface area contributed by atoms with Crippen LogP contribution in [0.5, 0.6) is 0 Å². The normalized spacial score (nSPS) is 17.3. The zero-order chi connectivity index (χ0) is 14.6. The van der Waals surface area contributed by atoms with Crippen molar-refractivity contribution in [2.75, 3.05) is 13.1 Å². The maximum atomic E-state index is 12.4. The minimum absolute atomic E-state index is 0.236. The Balaban J connectivity index is 2.01. The van der Waals surface area contributed by atoms with Crippen LogP contribution in [0, 0.1) is 5.41 Å². The van der Waals surface area contributed by atoms with Crippen LogP contribution in [0.15, 0.2) is 16.3 Å². The summed E-state index contributed by atoms with van der Waals surface area (Å²) in [7, 11) is -3.37. The summed E-state index contributed by atoms with van der Waals surface area (Å²) in [6.45, 7) is 6.21. The van der Waals surface area contributed by atoms with E-state index in [1.165, 1.54) is 11.3 Å². The molecule has 1 fully saturated rings. The van der Waals surface area contributed by atoms with Gasteiger partial charge in [0.15, 0.2) is 0 Å². The first kappa shape index (κ1) is 15.9. The number of thiophene rings is 1. The van der Waals surface area contributed by atoms with Crippen LogP contribution >= 0.6 is 11.3 Å². The largest absolute Gasteiger partial charge is 0.312 e. The summed E-state index contributed by atoms with van der Waals surface area (Å²) in [6, 6.07) is 1.71. The molecular formula is C14H24N2O2S2. The smallest absolute Gasteiger partial charge is 0.241 e. The van der Waals surface area contributed by atoms with Gasteiger partial charge in [0.25, 0.3) is 0 Å². The molecule has 0 unspecified atom stereocenters. The van der Waals surface area contributed by atoms with Gasteiger partial charge in [-0.15, -0.1) is 11.3 Å². The van der Waals surface area contributed by atoms with Crippen LogP contribution in [0.2, 0.25) is 0 Å². The third-order valence-electron chi connectivity index (χ3n) is 3.90. The van der Waals surface area contributed by atoms with Gasteiger partial charge in [-0.25, -0.2) is 13.1 Å². The summed E-state index contributed by atoms with van der Waals surface area (Å²) < 4.78 is 27.7. The molecule has 1 aliphatic rings. The second-order valence-electron chi connectivity index (χ2n) is 5.56. The molecule has 0 aliphatic heterocycles. The minimum Gasteiger partial charge on any atom is -0.312 e. The molecule has 20 heavy (non-hydrogen) atoms. The highest BCUT2D eigenvalue weighted by atomic mass is 32.2. The molecule has 0 atom stereocenters. The molecule has 0 spiro atoms. The molecule has 6 heteroatoms. The van der Waals surface area contributed by atoms with Crippen LogP contribution in [-0.4, -0.2) is 21.5 Å². The van der Waals surface area contributed by atoms with Gasteiger partial charge in [-0.2, -0.15) is 0 Å². The van der Waals surface area contributed by atoms with Gasteiger partial charge >= 0.3 is 0 Å². The van der Waals surface area contributed by atoms with Gasteiger partial charge in [0.1, 0.15) is 0 Å². The lowest BCUT2D eigenvalue weighted by molar-refractivity contribution is 0.449. The molecular weight excluding hydrogens is 292 g/mol. The fraction of sp³-hybridized carbons (Fsp3) is 0.714. The number of hydrogen-bond acceptors (Lipinski definition) is 4. The molecule has 0 aromatic carbocycles. The van der Waals surface area contributed by atoms with Crippen molar-refractivity contribution < 1.29 is 8.42 Å². The van der Waals surface area contributed by atoms with Crippen molar-refractivity contribution >= 4 is 21.4 Å². The molecule has 0 radical (unpaired) electrons. The van der Waals surface area contributed by atoms with Crippen molar-refractivity contribution in [2.45, 2.75) is 51.0 Å². The Morgan fingerprint density at radius 2 is 2.10 bits per heavy atom. The third-order valence-corrected chi connectivity index (χ3v) is 6.44. The molecule has 1 saturated carbocycles. The highest BCUT2D eigenvalue weighted by Gasteiger charge is 2.42. The van der Waals surface area contributed by atoms with E-state index in [9.17, 15) is 8.42 Å². The second-order valence-corrected chi connectivity index (χ2v) is 8.30. The first-order chi connectivity index (χ1) is 9.53. The Hall–Kier alpha value is -0.430. The number of sulfonamides is 1. The molecule has 0 bridgehead atoms. The third kappa shape index (κ3) is 3.81.